The third-order valence-corrected chi connectivity index (χ3v) is 5.36. The van der Waals surface area contributed by atoms with E-state index in [9.17, 15) is 14.0 Å². The van der Waals surface area contributed by atoms with Crippen LogP contribution < -0.4 is 9.47 Å². The minimum atomic E-state index is -0.354. The number of amides is 2. The van der Waals surface area contributed by atoms with E-state index in [1.54, 1.807) is 47.4 Å². The monoisotopic (exact) mass is 468 g/mol. The molecule has 0 atom stereocenters. The van der Waals surface area contributed by atoms with Crippen LogP contribution in [0.3, 0.4) is 0 Å². The largest absolute Gasteiger partial charge is 0.467 e. The normalized spacial score (nSPS) is 11.9. The molecule has 9 heteroatoms. The van der Waals surface area contributed by atoms with E-state index in [1.165, 1.54) is 30.4 Å². The summed E-state index contributed by atoms with van der Waals surface area (Å²) in [5.74, 6) is 0.683. The van der Waals surface area contributed by atoms with Gasteiger partial charge in [0.15, 0.2) is 11.5 Å². The molecule has 1 aromatic heterocycles. The first-order chi connectivity index (χ1) is 16.5. The Hall–Kier alpha value is -3.85. The van der Waals surface area contributed by atoms with Crippen molar-refractivity contribution in [1.29, 1.82) is 0 Å². The van der Waals surface area contributed by atoms with Crippen LogP contribution in [0.1, 0.15) is 21.7 Å². The van der Waals surface area contributed by atoms with Crippen molar-refractivity contribution >= 4 is 11.8 Å². The van der Waals surface area contributed by atoms with E-state index < -0.39 is 0 Å². The minimum absolute atomic E-state index is 0.101. The van der Waals surface area contributed by atoms with E-state index in [0.29, 0.717) is 22.8 Å². The second-order valence-electron chi connectivity index (χ2n) is 7.74. The molecule has 0 fully saturated rings. The van der Waals surface area contributed by atoms with Gasteiger partial charge in [0.2, 0.25) is 12.7 Å². The molecule has 0 unspecified atom stereocenters. The van der Waals surface area contributed by atoms with Crippen LogP contribution in [0.2, 0.25) is 0 Å². The number of halogens is 1. The van der Waals surface area contributed by atoms with Crippen molar-refractivity contribution in [2.45, 2.75) is 13.1 Å². The quantitative estimate of drug-likeness (QED) is 0.453. The van der Waals surface area contributed by atoms with Gasteiger partial charge in [0.25, 0.3) is 5.91 Å². The van der Waals surface area contributed by atoms with Crippen molar-refractivity contribution in [3.05, 3.63) is 83.6 Å². The molecule has 3 aromatic rings. The van der Waals surface area contributed by atoms with Gasteiger partial charge in [-0.05, 0) is 48.0 Å². The maximum atomic E-state index is 13.4. The van der Waals surface area contributed by atoms with Crippen molar-refractivity contribution in [2.24, 2.45) is 0 Å². The van der Waals surface area contributed by atoms with Gasteiger partial charge in [-0.15, -0.1) is 0 Å². The average Bonchev–Trinajstić information content (AvgIpc) is 3.53. The van der Waals surface area contributed by atoms with Gasteiger partial charge in [-0.2, -0.15) is 0 Å². The summed E-state index contributed by atoms with van der Waals surface area (Å²) in [4.78, 5) is 29.6. The van der Waals surface area contributed by atoms with Crippen molar-refractivity contribution in [2.75, 3.05) is 33.6 Å². The molecule has 0 aliphatic carbocycles. The number of nitrogens with zero attached hydrogens (tertiary/aromatic N) is 2. The summed E-state index contributed by atoms with van der Waals surface area (Å²) in [7, 11) is 1.53. The first kappa shape index (κ1) is 23.3. The van der Waals surface area contributed by atoms with E-state index >= 15 is 0 Å². The van der Waals surface area contributed by atoms with E-state index in [1.807, 2.05) is 0 Å². The zero-order chi connectivity index (χ0) is 23.9. The summed E-state index contributed by atoms with van der Waals surface area (Å²) in [5.41, 5.74) is 1.14. The van der Waals surface area contributed by atoms with Crippen molar-refractivity contribution < 1.29 is 32.6 Å². The Morgan fingerprint density at radius 1 is 1.00 bits per heavy atom. The van der Waals surface area contributed by atoms with Gasteiger partial charge in [-0.3, -0.25) is 9.59 Å². The molecule has 0 N–H and O–H groups in total. The molecule has 0 saturated heterocycles. The van der Waals surface area contributed by atoms with Gasteiger partial charge >= 0.3 is 0 Å². The number of carbonyl (C=O) groups excluding carboxylic acids is 2. The van der Waals surface area contributed by atoms with Gasteiger partial charge in [0.1, 0.15) is 18.1 Å². The van der Waals surface area contributed by atoms with Gasteiger partial charge in [-0.1, -0.05) is 12.1 Å². The molecule has 1 aliphatic rings. The molecule has 0 radical (unpaired) electrons. The SMILES string of the molecule is COCCN(CC(=O)N(Cc1ccc(F)cc1)Cc1ccco1)C(=O)c1ccc2c(c1)OCO2. The Balaban J connectivity index is 1.52. The topological polar surface area (TPSA) is 81.5 Å². The van der Waals surface area contributed by atoms with Gasteiger partial charge in [0.05, 0.1) is 19.4 Å². The number of rotatable bonds is 10. The fraction of sp³-hybridized carbons (Fsp3) is 0.280. The second kappa shape index (κ2) is 10.8. The standard InChI is InChI=1S/C25H25FN2O6/c1-31-12-10-27(25(30)19-6-9-22-23(13-19)34-17-33-22)16-24(29)28(15-21-3-2-11-32-21)14-18-4-7-20(26)8-5-18/h2-9,11,13H,10,12,14-17H2,1H3. The molecule has 8 nitrogen and oxygen atoms in total. The lowest BCUT2D eigenvalue weighted by molar-refractivity contribution is -0.133. The van der Waals surface area contributed by atoms with E-state index in [2.05, 4.69) is 0 Å². The highest BCUT2D eigenvalue weighted by Gasteiger charge is 2.25. The summed E-state index contributed by atoms with van der Waals surface area (Å²) in [5, 5.41) is 0. The van der Waals surface area contributed by atoms with Crippen LogP contribution in [0.15, 0.2) is 65.3 Å². The molecule has 0 saturated carbocycles. The number of furan rings is 1. The van der Waals surface area contributed by atoms with Crippen molar-refractivity contribution in [3.63, 3.8) is 0 Å². The highest BCUT2D eigenvalue weighted by Crippen LogP contribution is 2.32. The summed E-state index contributed by atoms with van der Waals surface area (Å²) in [6.07, 6.45) is 1.53. The Labute approximate surface area is 196 Å². The summed E-state index contributed by atoms with van der Waals surface area (Å²) < 4.78 is 34.6. The number of methoxy groups -OCH3 is 1. The van der Waals surface area contributed by atoms with Crippen LogP contribution >= 0.6 is 0 Å². The van der Waals surface area contributed by atoms with E-state index in [0.717, 1.165) is 5.56 Å². The minimum Gasteiger partial charge on any atom is -0.467 e. The predicted molar refractivity (Wildman–Crippen MR) is 120 cm³/mol. The van der Waals surface area contributed by atoms with Crippen LogP contribution in [0.5, 0.6) is 11.5 Å². The highest BCUT2D eigenvalue weighted by molar-refractivity contribution is 5.97. The van der Waals surface area contributed by atoms with Gasteiger partial charge in [-0.25, -0.2) is 4.39 Å². The van der Waals surface area contributed by atoms with E-state index in [4.69, 9.17) is 18.6 Å². The van der Waals surface area contributed by atoms with Gasteiger partial charge < -0.3 is 28.4 Å². The molecule has 2 amide bonds. The van der Waals surface area contributed by atoms with Crippen molar-refractivity contribution in [3.8, 4) is 11.5 Å². The van der Waals surface area contributed by atoms with Crippen LogP contribution in [0.25, 0.3) is 0 Å². The molecular formula is C25H25FN2O6. The van der Waals surface area contributed by atoms with Crippen molar-refractivity contribution in [1.82, 2.24) is 9.80 Å². The lowest BCUT2D eigenvalue weighted by Crippen LogP contribution is -2.43. The van der Waals surface area contributed by atoms with E-state index in [-0.39, 0.29) is 57.2 Å². The number of ether oxygens (including phenoxy) is 3. The fourth-order valence-corrected chi connectivity index (χ4v) is 3.56. The molecule has 4 rings (SSSR count). The Morgan fingerprint density at radius 3 is 2.53 bits per heavy atom. The summed E-state index contributed by atoms with van der Waals surface area (Å²) in [6, 6.07) is 14.4. The number of hydrogen-bond acceptors (Lipinski definition) is 6. The first-order valence-corrected chi connectivity index (χ1v) is 10.8. The smallest absolute Gasteiger partial charge is 0.254 e. The molecule has 2 aromatic carbocycles. The fourth-order valence-electron chi connectivity index (χ4n) is 3.56. The Morgan fingerprint density at radius 2 is 1.79 bits per heavy atom. The number of hydrogen-bond donors (Lipinski definition) is 0. The Kier molecular flexibility index (Phi) is 7.44. The third-order valence-electron chi connectivity index (χ3n) is 5.36. The number of benzene rings is 2. The molecule has 178 valence electrons. The number of carbonyl (C=O) groups is 2. The van der Waals surface area contributed by atoms with Crippen LogP contribution in [0.4, 0.5) is 4.39 Å². The van der Waals surface area contributed by atoms with Crippen LogP contribution in [-0.2, 0) is 22.6 Å². The Bertz CT molecular complexity index is 1120. The molecular weight excluding hydrogens is 443 g/mol. The zero-order valence-corrected chi connectivity index (χ0v) is 18.7. The highest BCUT2D eigenvalue weighted by atomic mass is 19.1. The zero-order valence-electron chi connectivity index (χ0n) is 18.7. The maximum Gasteiger partial charge on any atom is 0.254 e. The van der Waals surface area contributed by atoms with Crippen LogP contribution in [0, 0.1) is 5.82 Å². The molecule has 2 heterocycles. The first-order valence-electron chi connectivity index (χ1n) is 10.8. The summed E-state index contributed by atoms with van der Waals surface area (Å²) >= 11 is 0. The lowest BCUT2D eigenvalue weighted by Gasteiger charge is -2.27. The molecule has 1 aliphatic heterocycles. The van der Waals surface area contributed by atoms with Crippen LogP contribution in [-0.4, -0.2) is 55.2 Å². The third kappa shape index (κ3) is 5.74. The molecule has 0 bridgehead atoms. The molecule has 0 spiro atoms. The maximum absolute atomic E-state index is 13.4. The predicted octanol–water partition coefficient (Wildman–Crippen LogP) is 3.47. The second-order valence-corrected chi connectivity index (χ2v) is 7.74. The molecule has 34 heavy (non-hydrogen) atoms. The lowest BCUT2D eigenvalue weighted by atomic mass is 10.1. The summed E-state index contributed by atoms with van der Waals surface area (Å²) in [6.45, 7) is 0.860. The average molecular weight is 468 g/mol. The number of fused-ring (bicyclic) bond motifs is 1. The van der Waals surface area contributed by atoms with Gasteiger partial charge in [0, 0.05) is 25.8 Å².